The van der Waals surface area contributed by atoms with Gasteiger partial charge in [0.05, 0.1) is 17.6 Å². The van der Waals surface area contributed by atoms with Crippen LogP contribution in [0.15, 0.2) is 59.0 Å². The maximum absolute atomic E-state index is 12.2. The molecule has 0 saturated carbocycles. The van der Waals surface area contributed by atoms with Gasteiger partial charge in [0.25, 0.3) is 5.69 Å². The third-order valence-electron chi connectivity index (χ3n) is 3.59. The molecule has 27 heavy (non-hydrogen) atoms. The fourth-order valence-corrected chi connectivity index (χ4v) is 2.35. The molecule has 0 unspecified atom stereocenters. The average Bonchev–Trinajstić information content (AvgIpc) is 3.12. The molecule has 0 N–H and O–H groups in total. The van der Waals surface area contributed by atoms with Crippen molar-refractivity contribution in [1.82, 2.24) is 4.98 Å². The van der Waals surface area contributed by atoms with Gasteiger partial charge in [-0.05, 0) is 25.1 Å². The van der Waals surface area contributed by atoms with Gasteiger partial charge in [-0.1, -0.05) is 24.3 Å². The Kier molecular flexibility index (Phi) is 5.46. The summed E-state index contributed by atoms with van der Waals surface area (Å²) in [5.41, 5.74) is 0.617. The summed E-state index contributed by atoms with van der Waals surface area (Å²) in [6.45, 7) is 1.75. The Hall–Kier alpha value is -3.68. The quantitative estimate of drug-likeness (QED) is 0.352. The van der Waals surface area contributed by atoms with Gasteiger partial charge in [0.2, 0.25) is 5.89 Å². The molecule has 3 aromatic rings. The largest absolute Gasteiger partial charge is 0.485 e. The highest BCUT2D eigenvalue weighted by Crippen LogP contribution is 2.25. The predicted molar refractivity (Wildman–Crippen MR) is 95.3 cm³/mol. The third-order valence-corrected chi connectivity index (χ3v) is 3.59. The van der Waals surface area contributed by atoms with Crippen LogP contribution in [0.5, 0.6) is 5.75 Å². The minimum absolute atomic E-state index is 0.0149. The number of aromatic nitrogens is 1. The maximum Gasteiger partial charge on any atom is 0.360 e. The lowest BCUT2D eigenvalue weighted by molar-refractivity contribution is -0.384. The second-order valence-corrected chi connectivity index (χ2v) is 5.42. The summed E-state index contributed by atoms with van der Waals surface area (Å²) in [6.07, 6.45) is 0. The van der Waals surface area contributed by atoms with Gasteiger partial charge in [0.15, 0.2) is 11.5 Å². The number of carbonyl (C=O) groups is 1. The molecule has 0 aliphatic carbocycles. The molecule has 0 aliphatic rings. The number of benzene rings is 2. The number of hydrogen-bond acceptors (Lipinski definition) is 7. The molecule has 1 heterocycles. The molecule has 0 radical (unpaired) electrons. The number of nitrogens with zero attached hydrogens (tertiary/aromatic N) is 2. The van der Waals surface area contributed by atoms with E-state index in [2.05, 4.69) is 4.98 Å². The summed E-state index contributed by atoms with van der Waals surface area (Å²) in [5.74, 6) is 0.0906. The first kappa shape index (κ1) is 18.1. The van der Waals surface area contributed by atoms with Crippen LogP contribution < -0.4 is 4.74 Å². The highest BCUT2D eigenvalue weighted by Gasteiger charge is 2.22. The van der Waals surface area contributed by atoms with Gasteiger partial charge in [-0.2, -0.15) is 0 Å². The molecule has 0 aliphatic heterocycles. The summed E-state index contributed by atoms with van der Waals surface area (Å²) in [4.78, 5) is 26.8. The third kappa shape index (κ3) is 4.30. The van der Waals surface area contributed by atoms with E-state index in [1.54, 1.807) is 25.1 Å². The lowest BCUT2D eigenvalue weighted by Gasteiger charge is -2.05. The van der Waals surface area contributed by atoms with Crippen LogP contribution in [0, 0.1) is 10.1 Å². The topological polar surface area (TPSA) is 105 Å². The standard InChI is InChI=1S/C19H16N2O6/c1-2-25-19(22)17-16(27-18(20-17)13-7-4-3-5-8-13)12-26-15-10-6-9-14(11-15)21(23)24/h3-11H,2,12H2,1H3. The Morgan fingerprint density at radius 1 is 1.19 bits per heavy atom. The van der Waals surface area contributed by atoms with Gasteiger partial charge in [-0.25, -0.2) is 9.78 Å². The van der Waals surface area contributed by atoms with Gasteiger partial charge < -0.3 is 13.9 Å². The number of nitro benzene ring substituents is 1. The summed E-state index contributed by atoms with van der Waals surface area (Å²) in [7, 11) is 0. The van der Waals surface area contributed by atoms with E-state index < -0.39 is 10.9 Å². The molecular weight excluding hydrogens is 352 g/mol. The Bertz CT molecular complexity index is 952. The second kappa shape index (κ2) is 8.13. The summed E-state index contributed by atoms with van der Waals surface area (Å²) < 4.78 is 16.3. The minimum atomic E-state index is -0.624. The van der Waals surface area contributed by atoms with Gasteiger partial charge in [-0.15, -0.1) is 0 Å². The molecule has 0 spiro atoms. The van der Waals surface area contributed by atoms with E-state index in [4.69, 9.17) is 13.9 Å². The zero-order chi connectivity index (χ0) is 19.2. The Morgan fingerprint density at radius 3 is 2.67 bits per heavy atom. The molecule has 138 valence electrons. The van der Waals surface area contributed by atoms with E-state index in [0.29, 0.717) is 5.56 Å². The van der Waals surface area contributed by atoms with Crippen molar-refractivity contribution >= 4 is 11.7 Å². The molecule has 1 aromatic heterocycles. The Morgan fingerprint density at radius 2 is 1.96 bits per heavy atom. The van der Waals surface area contributed by atoms with Crippen molar-refractivity contribution in [2.45, 2.75) is 13.5 Å². The molecular formula is C19H16N2O6. The van der Waals surface area contributed by atoms with Crippen LogP contribution in [-0.2, 0) is 11.3 Å². The van der Waals surface area contributed by atoms with E-state index in [1.165, 1.54) is 18.2 Å². The lowest BCUT2D eigenvalue weighted by Crippen LogP contribution is -2.09. The number of hydrogen-bond donors (Lipinski definition) is 0. The van der Waals surface area contributed by atoms with E-state index >= 15 is 0 Å². The van der Waals surface area contributed by atoms with E-state index in [0.717, 1.165) is 0 Å². The number of ether oxygens (including phenoxy) is 2. The zero-order valence-electron chi connectivity index (χ0n) is 14.5. The smallest absolute Gasteiger partial charge is 0.360 e. The monoisotopic (exact) mass is 368 g/mol. The number of nitro groups is 1. The van der Waals surface area contributed by atoms with Crippen LogP contribution in [-0.4, -0.2) is 22.5 Å². The van der Waals surface area contributed by atoms with Gasteiger partial charge >= 0.3 is 5.97 Å². The van der Waals surface area contributed by atoms with Crippen LogP contribution in [0.25, 0.3) is 11.5 Å². The van der Waals surface area contributed by atoms with Crippen molar-refractivity contribution in [3.8, 4) is 17.2 Å². The lowest BCUT2D eigenvalue weighted by atomic mass is 10.2. The van der Waals surface area contributed by atoms with Crippen LogP contribution in [0.4, 0.5) is 5.69 Å². The molecule has 0 bridgehead atoms. The molecule has 8 heteroatoms. The Balaban J connectivity index is 1.87. The van der Waals surface area contributed by atoms with Crippen LogP contribution in [0.2, 0.25) is 0 Å². The van der Waals surface area contributed by atoms with Crippen molar-refractivity contribution in [2.75, 3.05) is 6.61 Å². The van der Waals surface area contributed by atoms with E-state index in [1.807, 2.05) is 18.2 Å². The predicted octanol–water partition coefficient (Wildman–Crippen LogP) is 4.01. The molecule has 0 atom stereocenters. The first-order valence-corrected chi connectivity index (χ1v) is 8.18. The SMILES string of the molecule is CCOC(=O)c1nc(-c2ccccc2)oc1COc1cccc([N+](=O)[O-])c1. The molecule has 0 amide bonds. The number of esters is 1. The van der Waals surface area contributed by atoms with Crippen molar-refractivity contribution in [3.05, 3.63) is 76.2 Å². The fraction of sp³-hybridized carbons (Fsp3) is 0.158. The van der Waals surface area contributed by atoms with E-state index in [9.17, 15) is 14.9 Å². The van der Waals surface area contributed by atoms with Gasteiger partial charge in [0, 0.05) is 11.6 Å². The highest BCUT2D eigenvalue weighted by atomic mass is 16.6. The second-order valence-electron chi connectivity index (χ2n) is 5.42. The number of rotatable bonds is 7. The fourth-order valence-electron chi connectivity index (χ4n) is 2.35. The van der Waals surface area contributed by atoms with Crippen LogP contribution in [0.1, 0.15) is 23.2 Å². The van der Waals surface area contributed by atoms with E-state index in [-0.39, 0.29) is 42.0 Å². The molecule has 0 saturated heterocycles. The average molecular weight is 368 g/mol. The van der Waals surface area contributed by atoms with Crippen molar-refractivity contribution < 1.29 is 23.6 Å². The summed E-state index contributed by atoms with van der Waals surface area (Å²) in [6, 6.07) is 14.8. The maximum atomic E-state index is 12.2. The van der Waals surface area contributed by atoms with Crippen LogP contribution >= 0.6 is 0 Å². The van der Waals surface area contributed by atoms with Crippen molar-refractivity contribution in [3.63, 3.8) is 0 Å². The van der Waals surface area contributed by atoms with Gasteiger partial charge in [0.1, 0.15) is 12.4 Å². The first-order chi connectivity index (χ1) is 13.1. The zero-order valence-corrected chi connectivity index (χ0v) is 14.5. The number of carbonyl (C=O) groups excluding carboxylic acids is 1. The number of non-ortho nitro benzene ring substituents is 1. The molecule has 8 nitrogen and oxygen atoms in total. The minimum Gasteiger partial charge on any atom is -0.485 e. The highest BCUT2D eigenvalue weighted by molar-refractivity contribution is 5.89. The molecule has 2 aromatic carbocycles. The van der Waals surface area contributed by atoms with Crippen molar-refractivity contribution in [1.29, 1.82) is 0 Å². The summed E-state index contributed by atoms with van der Waals surface area (Å²) >= 11 is 0. The van der Waals surface area contributed by atoms with Gasteiger partial charge in [-0.3, -0.25) is 10.1 Å². The molecule has 0 fully saturated rings. The van der Waals surface area contributed by atoms with Crippen molar-refractivity contribution in [2.24, 2.45) is 0 Å². The Labute approximate surface area is 154 Å². The van der Waals surface area contributed by atoms with Crippen LogP contribution in [0.3, 0.4) is 0 Å². The first-order valence-electron chi connectivity index (χ1n) is 8.18. The number of oxazole rings is 1. The summed E-state index contributed by atoms with van der Waals surface area (Å²) in [5, 5.41) is 10.9. The molecule has 3 rings (SSSR count). The normalized spacial score (nSPS) is 10.4.